The maximum absolute atomic E-state index is 12.0. The fourth-order valence-corrected chi connectivity index (χ4v) is 2.54. The molecule has 0 aliphatic heterocycles. The van der Waals surface area contributed by atoms with E-state index in [1.165, 1.54) is 19.3 Å². The highest BCUT2D eigenvalue weighted by Gasteiger charge is 2.05. The van der Waals surface area contributed by atoms with Gasteiger partial charge in [-0.05, 0) is 30.7 Å². The fourth-order valence-electron chi connectivity index (χ4n) is 2.35. The van der Waals surface area contributed by atoms with Crippen LogP contribution in [0.4, 0.5) is 11.4 Å². The normalized spacial score (nSPS) is 10.3. The van der Waals surface area contributed by atoms with E-state index in [1.54, 1.807) is 12.1 Å². The maximum Gasteiger partial charge on any atom is 0.243 e. The summed E-state index contributed by atoms with van der Waals surface area (Å²) in [5.74, 6) is 0.659. The number of hydrogen-bond acceptors (Lipinski definition) is 3. The molecule has 0 heterocycles. The molecular formula is C20H25ClN2O2. The molecule has 2 N–H and O–H groups in total. The second-order valence-corrected chi connectivity index (χ2v) is 6.23. The molecule has 2 aromatic rings. The number of amides is 1. The van der Waals surface area contributed by atoms with Gasteiger partial charge in [0.25, 0.3) is 0 Å². The third kappa shape index (κ3) is 7.06. The minimum Gasteiger partial charge on any atom is -0.494 e. The Hall–Kier alpha value is -2.20. The average Bonchev–Trinajstić information content (AvgIpc) is 2.62. The molecule has 0 saturated heterocycles. The molecule has 5 heteroatoms. The van der Waals surface area contributed by atoms with Crippen LogP contribution in [0, 0.1) is 0 Å². The van der Waals surface area contributed by atoms with E-state index in [0.29, 0.717) is 10.7 Å². The van der Waals surface area contributed by atoms with Crippen LogP contribution in [-0.2, 0) is 4.79 Å². The van der Waals surface area contributed by atoms with E-state index < -0.39 is 0 Å². The van der Waals surface area contributed by atoms with Gasteiger partial charge in [0.05, 0.1) is 23.9 Å². The number of unbranched alkanes of at least 4 members (excludes halogenated alkanes) is 3. The second kappa shape index (κ2) is 10.6. The van der Waals surface area contributed by atoms with Gasteiger partial charge in [-0.2, -0.15) is 0 Å². The molecule has 0 fully saturated rings. The molecule has 2 rings (SSSR count). The molecule has 0 saturated carbocycles. The molecule has 2 aromatic carbocycles. The number of anilines is 2. The van der Waals surface area contributed by atoms with Crippen molar-refractivity contribution in [1.29, 1.82) is 0 Å². The number of rotatable bonds is 10. The van der Waals surface area contributed by atoms with Gasteiger partial charge in [-0.15, -0.1) is 0 Å². The smallest absolute Gasteiger partial charge is 0.243 e. The summed E-state index contributed by atoms with van der Waals surface area (Å²) in [5.41, 5.74) is 1.46. The molecule has 0 unspecified atom stereocenters. The van der Waals surface area contributed by atoms with Crippen molar-refractivity contribution in [2.24, 2.45) is 0 Å². The van der Waals surface area contributed by atoms with E-state index >= 15 is 0 Å². The van der Waals surface area contributed by atoms with Gasteiger partial charge in [-0.1, -0.05) is 56.0 Å². The number of para-hydroxylation sites is 1. The second-order valence-electron chi connectivity index (χ2n) is 5.82. The van der Waals surface area contributed by atoms with Gasteiger partial charge >= 0.3 is 0 Å². The number of hydrogen-bond donors (Lipinski definition) is 2. The lowest BCUT2D eigenvalue weighted by Crippen LogP contribution is -2.21. The summed E-state index contributed by atoms with van der Waals surface area (Å²) in [6, 6.07) is 14.8. The quantitative estimate of drug-likeness (QED) is 0.561. The van der Waals surface area contributed by atoms with Crippen LogP contribution in [0.15, 0.2) is 48.5 Å². The molecule has 25 heavy (non-hydrogen) atoms. The summed E-state index contributed by atoms with van der Waals surface area (Å²) >= 11 is 6.03. The Kier molecular flexibility index (Phi) is 8.13. The zero-order valence-corrected chi connectivity index (χ0v) is 15.3. The van der Waals surface area contributed by atoms with Gasteiger partial charge in [0, 0.05) is 11.8 Å². The lowest BCUT2D eigenvalue weighted by atomic mass is 10.2. The first-order valence-corrected chi connectivity index (χ1v) is 9.08. The number of halogens is 1. The summed E-state index contributed by atoms with van der Waals surface area (Å²) in [5, 5.41) is 6.41. The van der Waals surface area contributed by atoms with Crippen molar-refractivity contribution in [3.63, 3.8) is 0 Å². The molecule has 0 radical (unpaired) electrons. The highest BCUT2D eigenvalue weighted by atomic mass is 35.5. The first-order valence-electron chi connectivity index (χ1n) is 8.70. The van der Waals surface area contributed by atoms with Crippen LogP contribution in [-0.4, -0.2) is 19.1 Å². The molecule has 1 amide bonds. The minimum absolute atomic E-state index is 0.154. The Morgan fingerprint density at radius 2 is 1.92 bits per heavy atom. The number of carbonyl (C=O) groups excluding carboxylic acids is 1. The first kappa shape index (κ1) is 19.1. The van der Waals surface area contributed by atoms with Gasteiger partial charge in [0.2, 0.25) is 5.91 Å². The molecule has 0 aliphatic rings. The Bertz CT molecular complexity index is 676. The Morgan fingerprint density at radius 3 is 2.72 bits per heavy atom. The number of ether oxygens (including phenoxy) is 1. The summed E-state index contributed by atoms with van der Waals surface area (Å²) in [6.07, 6.45) is 4.71. The van der Waals surface area contributed by atoms with Gasteiger partial charge in [-0.25, -0.2) is 0 Å². The Balaban J connectivity index is 1.77. The van der Waals surface area contributed by atoms with Crippen LogP contribution >= 0.6 is 11.6 Å². The predicted molar refractivity (Wildman–Crippen MR) is 105 cm³/mol. The third-order valence-electron chi connectivity index (χ3n) is 3.70. The van der Waals surface area contributed by atoms with E-state index in [2.05, 4.69) is 17.6 Å². The van der Waals surface area contributed by atoms with Gasteiger partial charge in [0.1, 0.15) is 5.75 Å². The molecule has 4 nitrogen and oxygen atoms in total. The third-order valence-corrected chi connectivity index (χ3v) is 4.03. The lowest BCUT2D eigenvalue weighted by molar-refractivity contribution is -0.114. The zero-order valence-electron chi connectivity index (χ0n) is 14.6. The molecule has 0 aliphatic carbocycles. The van der Waals surface area contributed by atoms with Crippen molar-refractivity contribution >= 4 is 28.9 Å². The Morgan fingerprint density at radius 1 is 1.08 bits per heavy atom. The van der Waals surface area contributed by atoms with Gasteiger partial charge in [-0.3, -0.25) is 4.79 Å². The molecule has 0 spiro atoms. The van der Waals surface area contributed by atoms with E-state index in [1.807, 2.05) is 36.4 Å². The lowest BCUT2D eigenvalue weighted by Gasteiger charge is -2.11. The SMILES string of the molecule is CCCCCCOc1cccc(NCC(=O)Nc2ccccc2Cl)c1. The Labute approximate surface area is 154 Å². The van der Waals surface area contributed by atoms with Crippen molar-refractivity contribution in [3.05, 3.63) is 53.6 Å². The minimum atomic E-state index is -0.154. The molecule has 0 bridgehead atoms. The molecule has 0 aromatic heterocycles. The van der Waals surface area contributed by atoms with Crippen molar-refractivity contribution in [3.8, 4) is 5.75 Å². The van der Waals surface area contributed by atoms with E-state index in [9.17, 15) is 4.79 Å². The van der Waals surface area contributed by atoms with Crippen molar-refractivity contribution < 1.29 is 9.53 Å². The standard InChI is InChI=1S/C20H25ClN2O2/c1-2-3-4-7-13-25-17-10-8-9-16(14-17)22-15-20(24)23-19-12-6-5-11-18(19)21/h5-6,8-12,14,22H,2-4,7,13,15H2,1H3,(H,23,24). The van der Waals surface area contributed by atoms with Crippen molar-refractivity contribution in [2.75, 3.05) is 23.8 Å². The zero-order chi connectivity index (χ0) is 17.9. The largest absolute Gasteiger partial charge is 0.494 e. The number of carbonyl (C=O) groups is 1. The maximum atomic E-state index is 12.0. The summed E-state index contributed by atoms with van der Waals surface area (Å²) in [7, 11) is 0. The first-order chi connectivity index (χ1) is 12.2. The monoisotopic (exact) mass is 360 g/mol. The van der Waals surface area contributed by atoms with E-state index in [0.717, 1.165) is 24.5 Å². The van der Waals surface area contributed by atoms with Crippen LogP contribution in [0.2, 0.25) is 5.02 Å². The molecule has 134 valence electrons. The number of nitrogens with one attached hydrogen (secondary N) is 2. The van der Waals surface area contributed by atoms with E-state index in [-0.39, 0.29) is 12.5 Å². The number of benzene rings is 2. The van der Waals surface area contributed by atoms with E-state index in [4.69, 9.17) is 16.3 Å². The molecule has 0 atom stereocenters. The highest BCUT2D eigenvalue weighted by Crippen LogP contribution is 2.21. The molecular weight excluding hydrogens is 336 g/mol. The predicted octanol–water partition coefficient (Wildman–Crippen LogP) is 5.35. The van der Waals surface area contributed by atoms with Crippen molar-refractivity contribution in [1.82, 2.24) is 0 Å². The summed E-state index contributed by atoms with van der Waals surface area (Å²) in [4.78, 5) is 12.0. The summed E-state index contributed by atoms with van der Waals surface area (Å²) in [6.45, 7) is 3.07. The van der Waals surface area contributed by atoms with Crippen LogP contribution in [0.3, 0.4) is 0 Å². The highest BCUT2D eigenvalue weighted by molar-refractivity contribution is 6.33. The van der Waals surface area contributed by atoms with Gasteiger partial charge in [0.15, 0.2) is 0 Å². The van der Waals surface area contributed by atoms with Crippen LogP contribution in [0.5, 0.6) is 5.75 Å². The average molecular weight is 361 g/mol. The van der Waals surface area contributed by atoms with Gasteiger partial charge < -0.3 is 15.4 Å². The summed E-state index contributed by atoms with van der Waals surface area (Å²) < 4.78 is 5.75. The van der Waals surface area contributed by atoms with Crippen LogP contribution in [0.1, 0.15) is 32.6 Å². The van der Waals surface area contributed by atoms with Crippen LogP contribution in [0.25, 0.3) is 0 Å². The fraction of sp³-hybridized carbons (Fsp3) is 0.350. The topological polar surface area (TPSA) is 50.4 Å². The van der Waals surface area contributed by atoms with Crippen molar-refractivity contribution in [2.45, 2.75) is 32.6 Å². The van der Waals surface area contributed by atoms with Crippen LogP contribution < -0.4 is 15.4 Å².